The highest BCUT2D eigenvalue weighted by atomic mass is 32.2. The van der Waals surface area contributed by atoms with Crippen molar-refractivity contribution in [2.24, 2.45) is 13.0 Å². The van der Waals surface area contributed by atoms with Crippen LogP contribution in [0.25, 0.3) is 0 Å². The minimum atomic E-state index is 0.672. The number of aromatic nitrogens is 3. The van der Waals surface area contributed by atoms with Crippen molar-refractivity contribution in [3.05, 3.63) is 35.7 Å². The molecule has 5 heteroatoms. The van der Waals surface area contributed by atoms with Crippen molar-refractivity contribution in [3.8, 4) is 0 Å². The summed E-state index contributed by atoms with van der Waals surface area (Å²) < 4.78 is 1.89. The van der Waals surface area contributed by atoms with E-state index in [1.165, 1.54) is 5.56 Å². The summed E-state index contributed by atoms with van der Waals surface area (Å²) in [6, 6.07) is 6.27. The van der Waals surface area contributed by atoms with Gasteiger partial charge in [-0.1, -0.05) is 31.7 Å². The monoisotopic (exact) mass is 290 g/mol. The summed E-state index contributed by atoms with van der Waals surface area (Å²) in [7, 11) is 1.96. The van der Waals surface area contributed by atoms with Gasteiger partial charge in [-0.25, -0.2) is 4.98 Å². The minimum absolute atomic E-state index is 0.672. The number of pyridine rings is 1. The van der Waals surface area contributed by atoms with Crippen LogP contribution in [-0.2, 0) is 13.6 Å². The Morgan fingerprint density at radius 1 is 1.35 bits per heavy atom. The first kappa shape index (κ1) is 15.1. The van der Waals surface area contributed by atoms with E-state index in [1.807, 2.05) is 24.9 Å². The van der Waals surface area contributed by atoms with Crippen LogP contribution in [0.1, 0.15) is 25.1 Å². The molecule has 0 aromatic carbocycles. The van der Waals surface area contributed by atoms with Crippen LogP contribution in [0.4, 0.5) is 0 Å². The molecule has 1 N–H and O–H groups in total. The van der Waals surface area contributed by atoms with E-state index in [-0.39, 0.29) is 0 Å². The maximum Gasteiger partial charge on any atom is 0.102 e. The molecule has 0 spiro atoms. The standard InChI is InChI=1S/C15H22N4S/c1-11(2)8-16-9-13-5-6-14(17-10-13)20-15-7-12(3)18-19(15)4/h5-7,10-11,16H,8-9H2,1-4H3. The molecule has 0 aliphatic carbocycles. The van der Waals surface area contributed by atoms with E-state index in [2.05, 4.69) is 47.4 Å². The summed E-state index contributed by atoms with van der Waals surface area (Å²) in [5, 5.41) is 9.87. The maximum absolute atomic E-state index is 4.50. The fraction of sp³-hybridized carbons (Fsp3) is 0.467. The molecular formula is C15H22N4S. The molecular weight excluding hydrogens is 268 g/mol. The first-order valence-corrected chi connectivity index (χ1v) is 7.70. The van der Waals surface area contributed by atoms with Crippen LogP contribution in [0.5, 0.6) is 0 Å². The molecule has 0 radical (unpaired) electrons. The Morgan fingerprint density at radius 2 is 2.15 bits per heavy atom. The first-order valence-electron chi connectivity index (χ1n) is 6.88. The number of rotatable bonds is 6. The van der Waals surface area contributed by atoms with Gasteiger partial charge in [-0.3, -0.25) is 4.68 Å². The van der Waals surface area contributed by atoms with Gasteiger partial charge in [-0.05, 0) is 37.1 Å². The van der Waals surface area contributed by atoms with Crippen molar-refractivity contribution < 1.29 is 0 Å². The van der Waals surface area contributed by atoms with Gasteiger partial charge in [0.15, 0.2) is 0 Å². The summed E-state index contributed by atoms with van der Waals surface area (Å²) in [5.41, 5.74) is 2.25. The maximum atomic E-state index is 4.50. The molecule has 0 fully saturated rings. The van der Waals surface area contributed by atoms with E-state index < -0.39 is 0 Å². The highest BCUT2D eigenvalue weighted by Crippen LogP contribution is 2.25. The SMILES string of the molecule is Cc1cc(Sc2ccc(CNCC(C)C)cn2)n(C)n1. The predicted octanol–water partition coefficient (Wildman–Crippen LogP) is 3.02. The lowest BCUT2D eigenvalue weighted by Gasteiger charge is -2.07. The lowest BCUT2D eigenvalue weighted by Crippen LogP contribution is -2.18. The highest BCUT2D eigenvalue weighted by Gasteiger charge is 2.05. The molecule has 20 heavy (non-hydrogen) atoms. The number of nitrogens with one attached hydrogen (secondary N) is 1. The Morgan fingerprint density at radius 3 is 2.70 bits per heavy atom. The molecule has 0 saturated carbocycles. The fourth-order valence-corrected chi connectivity index (χ4v) is 2.73. The topological polar surface area (TPSA) is 42.7 Å². The number of nitrogens with zero attached hydrogens (tertiary/aromatic N) is 3. The molecule has 0 bridgehead atoms. The van der Waals surface area contributed by atoms with E-state index >= 15 is 0 Å². The predicted molar refractivity (Wildman–Crippen MR) is 82.8 cm³/mol. The second-order valence-electron chi connectivity index (χ2n) is 5.38. The average molecular weight is 290 g/mol. The average Bonchev–Trinajstić information content (AvgIpc) is 2.69. The van der Waals surface area contributed by atoms with Crippen LogP contribution >= 0.6 is 11.8 Å². The van der Waals surface area contributed by atoms with Gasteiger partial charge in [0, 0.05) is 19.8 Å². The molecule has 4 nitrogen and oxygen atoms in total. The summed E-state index contributed by atoms with van der Waals surface area (Å²) in [6.45, 7) is 8.33. The molecule has 2 heterocycles. The Bertz CT molecular complexity index is 546. The Balaban J connectivity index is 1.93. The Labute approximate surface area is 125 Å². The van der Waals surface area contributed by atoms with Gasteiger partial charge in [0.05, 0.1) is 5.69 Å². The Kier molecular flexibility index (Phi) is 5.20. The van der Waals surface area contributed by atoms with Crippen molar-refractivity contribution >= 4 is 11.8 Å². The quantitative estimate of drug-likeness (QED) is 0.888. The number of hydrogen-bond donors (Lipinski definition) is 1. The van der Waals surface area contributed by atoms with Crippen LogP contribution in [0.2, 0.25) is 0 Å². The molecule has 0 saturated heterocycles. The van der Waals surface area contributed by atoms with E-state index in [0.717, 1.165) is 28.8 Å². The van der Waals surface area contributed by atoms with Crippen molar-refractivity contribution in [3.63, 3.8) is 0 Å². The molecule has 0 aliphatic rings. The third kappa shape index (κ3) is 4.35. The summed E-state index contributed by atoms with van der Waals surface area (Å²) >= 11 is 1.64. The summed E-state index contributed by atoms with van der Waals surface area (Å²) in [4.78, 5) is 4.50. The number of hydrogen-bond acceptors (Lipinski definition) is 4. The zero-order valence-electron chi connectivity index (χ0n) is 12.6. The third-order valence-electron chi connectivity index (χ3n) is 2.85. The van der Waals surface area contributed by atoms with Crippen molar-refractivity contribution in [2.45, 2.75) is 37.4 Å². The number of aryl methyl sites for hydroxylation is 2. The third-order valence-corrected chi connectivity index (χ3v) is 3.89. The van der Waals surface area contributed by atoms with Crippen molar-refractivity contribution in [1.82, 2.24) is 20.1 Å². The van der Waals surface area contributed by atoms with Crippen LogP contribution < -0.4 is 5.32 Å². The van der Waals surface area contributed by atoms with Crippen molar-refractivity contribution in [1.29, 1.82) is 0 Å². The van der Waals surface area contributed by atoms with Crippen molar-refractivity contribution in [2.75, 3.05) is 6.54 Å². The first-order chi connectivity index (χ1) is 9.54. The normalized spacial score (nSPS) is 11.2. The van der Waals surface area contributed by atoms with Crippen LogP contribution in [0, 0.1) is 12.8 Å². The lowest BCUT2D eigenvalue weighted by atomic mass is 10.2. The van der Waals surface area contributed by atoms with Gasteiger partial charge in [0.25, 0.3) is 0 Å². The molecule has 0 aliphatic heterocycles. The van der Waals surface area contributed by atoms with Gasteiger partial charge < -0.3 is 5.32 Å². The Hall–Kier alpha value is -1.33. The van der Waals surface area contributed by atoms with Gasteiger partial charge in [-0.15, -0.1) is 0 Å². The second-order valence-corrected chi connectivity index (χ2v) is 6.42. The van der Waals surface area contributed by atoms with Gasteiger partial charge in [0.2, 0.25) is 0 Å². The summed E-state index contributed by atoms with van der Waals surface area (Å²) in [5.74, 6) is 0.672. The van der Waals surface area contributed by atoms with Gasteiger partial charge in [0.1, 0.15) is 10.1 Å². The molecule has 108 valence electrons. The van der Waals surface area contributed by atoms with E-state index in [0.29, 0.717) is 5.92 Å². The smallest absolute Gasteiger partial charge is 0.102 e. The van der Waals surface area contributed by atoms with E-state index in [1.54, 1.807) is 11.8 Å². The highest BCUT2D eigenvalue weighted by molar-refractivity contribution is 7.99. The largest absolute Gasteiger partial charge is 0.312 e. The summed E-state index contributed by atoms with van der Waals surface area (Å²) in [6.07, 6.45) is 1.94. The van der Waals surface area contributed by atoms with Gasteiger partial charge >= 0.3 is 0 Å². The molecule has 2 aromatic rings. The second kappa shape index (κ2) is 6.90. The van der Waals surface area contributed by atoms with Crippen LogP contribution in [-0.4, -0.2) is 21.3 Å². The zero-order chi connectivity index (χ0) is 14.5. The molecule has 2 aromatic heterocycles. The molecule has 0 unspecified atom stereocenters. The van der Waals surface area contributed by atoms with E-state index in [4.69, 9.17) is 0 Å². The van der Waals surface area contributed by atoms with Gasteiger partial charge in [-0.2, -0.15) is 5.10 Å². The zero-order valence-corrected chi connectivity index (χ0v) is 13.4. The lowest BCUT2D eigenvalue weighted by molar-refractivity contribution is 0.551. The van der Waals surface area contributed by atoms with Crippen LogP contribution in [0.15, 0.2) is 34.4 Å². The minimum Gasteiger partial charge on any atom is -0.312 e. The molecule has 0 amide bonds. The molecule has 2 rings (SSSR count). The van der Waals surface area contributed by atoms with Crippen LogP contribution in [0.3, 0.4) is 0 Å². The molecule has 0 atom stereocenters. The fourth-order valence-electron chi connectivity index (χ4n) is 1.87. The van der Waals surface area contributed by atoms with E-state index in [9.17, 15) is 0 Å².